The van der Waals surface area contributed by atoms with Crippen molar-refractivity contribution in [3.05, 3.63) is 67.3 Å². The van der Waals surface area contributed by atoms with Crippen LogP contribution in [-0.2, 0) is 6.54 Å². The van der Waals surface area contributed by atoms with Gasteiger partial charge in [-0.1, -0.05) is 24.3 Å². The van der Waals surface area contributed by atoms with Gasteiger partial charge >= 0.3 is 0 Å². The molecule has 0 bridgehead atoms. The first-order chi connectivity index (χ1) is 8.92. The van der Waals surface area contributed by atoms with Crippen molar-refractivity contribution >= 4 is 0 Å². The molecule has 2 aromatic heterocycles. The summed E-state index contributed by atoms with van der Waals surface area (Å²) in [6.45, 7) is 0.839. The van der Waals surface area contributed by atoms with Crippen LogP contribution in [0, 0.1) is 0 Å². The van der Waals surface area contributed by atoms with Gasteiger partial charge in [-0.15, -0.1) is 0 Å². The van der Waals surface area contributed by atoms with E-state index >= 15 is 0 Å². The van der Waals surface area contributed by atoms with Crippen molar-refractivity contribution in [2.75, 3.05) is 0 Å². The molecule has 0 aliphatic carbocycles. The lowest BCUT2D eigenvalue weighted by Gasteiger charge is -2.04. The minimum atomic E-state index is 0.839. The number of imidazole rings is 1. The largest absolute Gasteiger partial charge is 0.333 e. The van der Waals surface area contributed by atoms with Crippen LogP contribution in [0.1, 0.15) is 5.56 Å². The molecule has 0 amide bonds. The molecule has 0 saturated carbocycles. The van der Waals surface area contributed by atoms with Crippen molar-refractivity contribution in [2.24, 2.45) is 0 Å². The Labute approximate surface area is 105 Å². The Hall–Kier alpha value is -2.49. The predicted molar refractivity (Wildman–Crippen MR) is 68.8 cm³/mol. The molecule has 4 heteroatoms. The van der Waals surface area contributed by atoms with Gasteiger partial charge in [-0.25, -0.2) is 15.0 Å². The number of hydrogen-bond acceptors (Lipinski definition) is 3. The summed E-state index contributed by atoms with van der Waals surface area (Å²) in [5.74, 6) is 0. The van der Waals surface area contributed by atoms with E-state index in [1.807, 2.05) is 29.5 Å². The molecule has 3 rings (SSSR count). The van der Waals surface area contributed by atoms with Crippen LogP contribution < -0.4 is 0 Å². The van der Waals surface area contributed by atoms with Gasteiger partial charge in [-0.3, -0.25) is 0 Å². The van der Waals surface area contributed by atoms with Gasteiger partial charge in [0.1, 0.15) is 6.33 Å². The Balaban J connectivity index is 1.81. The minimum absolute atomic E-state index is 0.839. The molecule has 0 N–H and O–H groups in total. The van der Waals surface area contributed by atoms with Crippen molar-refractivity contribution in [3.63, 3.8) is 0 Å². The summed E-state index contributed by atoms with van der Waals surface area (Å²) in [5, 5.41) is 0. The van der Waals surface area contributed by atoms with Gasteiger partial charge in [0.05, 0.1) is 6.33 Å². The minimum Gasteiger partial charge on any atom is -0.333 e. The molecule has 0 aliphatic heterocycles. The molecule has 18 heavy (non-hydrogen) atoms. The summed E-state index contributed by atoms with van der Waals surface area (Å²) < 4.78 is 2.04. The number of rotatable bonds is 3. The van der Waals surface area contributed by atoms with Gasteiger partial charge < -0.3 is 4.57 Å². The third-order valence-electron chi connectivity index (χ3n) is 2.77. The highest BCUT2D eigenvalue weighted by molar-refractivity contribution is 5.61. The van der Waals surface area contributed by atoms with E-state index in [9.17, 15) is 0 Å². The highest BCUT2D eigenvalue weighted by Crippen LogP contribution is 2.17. The molecule has 0 atom stereocenters. The smallest absolute Gasteiger partial charge is 0.115 e. The Morgan fingerprint density at radius 2 is 1.67 bits per heavy atom. The molecule has 0 radical (unpaired) electrons. The predicted octanol–water partition coefficient (Wildman–Crippen LogP) is 2.39. The Morgan fingerprint density at radius 1 is 0.889 bits per heavy atom. The van der Waals surface area contributed by atoms with E-state index in [1.165, 1.54) is 11.9 Å². The molecule has 1 aromatic carbocycles. The Kier molecular flexibility index (Phi) is 2.84. The highest BCUT2D eigenvalue weighted by atomic mass is 15.0. The van der Waals surface area contributed by atoms with Crippen LogP contribution >= 0.6 is 0 Å². The Bertz CT molecular complexity index is 600. The van der Waals surface area contributed by atoms with Gasteiger partial charge in [0.15, 0.2) is 0 Å². The second-order valence-electron chi connectivity index (χ2n) is 4.06. The summed E-state index contributed by atoms with van der Waals surface area (Å²) in [4.78, 5) is 12.1. The van der Waals surface area contributed by atoms with Crippen molar-refractivity contribution in [2.45, 2.75) is 6.54 Å². The average Bonchev–Trinajstić information content (AvgIpc) is 2.94. The maximum atomic E-state index is 4.03. The van der Waals surface area contributed by atoms with E-state index < -0.39 is 0 Å². The zero-order chi connectivity index (χ0) is 12.2. The molecule has 88 valence electrons. The summed E-state index contributed by atoms with van der Waals surface area (Å²) in [5.41, 5.74) is 3.41. The lowest BCUT2D eigenvalue weighted by molar-refractivity contribution is 0.797. The summed E-state index contributed by atoms with van der Waals surface area (Å²) >= 11 is 0. The number of hydrogen-bond donors (Lipinski definition) is 0. The molecule has 0 unspecified atom stereocenters. The van der Waals surface area contributed by atoms with E-state index in [4.69, 9.17) is 0 Å². The fourth-order valence-corrected chi connectivity index (χ4v) is 1.84. The molecule has 0 spiro atoms. The van der Waals surface area contributed by atoms with Gasteiger partial charge in [0.25, 0.3) is 0 Å². The lowest BCUT2D eigenvalue weighted by Crippen LogP contribution is -1.95. The monoisotopic (exact) mass is 236 g/mol. The van der Waals surface area contributed by atoms with Crippen molar-refractivity contribution in [3.8, 4) is 11.1 Å². The van der Waals surface area contributed by atoms with Crippen LogP contribution in [0.2, 0.25) is 0 Å². The van der Waals surface area contributed by atoms with Crippen molar-refractivity contribution in [1.82, 2.24) is 19.5 Å². The first-order valence-corrected chi connectivity index (χ1v) is 5.72. The molecular weight excluding hydrogens is 224 g/mol. The fraction of sp³-hybridized carbons (Fsp3) is 0.0714. The van der Waals surface area contributed by atoms with Crippen LogP contribution in [0.25, 0.3) is 11.1 Å². The highest BCUT2D eigenvalue weighted by Gasteiger charge is 1.99. The third-order valence-corrected chi connectivity index (χ3v) is 2.77. The van der Waals surface area contributed by atoms with Crippen LogP contribution in [0.4, 0.5) is 0 Å². The van der Waals surface area contributed by atoms with Crippen LogP contribution in [-0.4, -0.2) is 19.5 Å². The lowest BCUT2D eigenvalue weighted by atomic mass is 10.1. The second-order valence-corrected chi connectivity index (χ2v) is 4.06. The van der Waals surface area contributed by atoms with Gasteiger partial charge in [0, 0.05) is 36.9 Å². The maximum Gasteiger partial charge on any atom is 0.115 e. The molecule has 0 aliphatic rings. The van der Waals surface area contributed by atoms with Gasteiger partial charge in [-0.05, 0) is 11.1 Å². The number of nitrogens with zero attached hydrogens (tertiary/aromatic N) is 4. The zero-order valence-corrected chi connectivity index (χ0v) is 9.77. The molecule has 3 aromatic rings. The van der Waals surface area contributed by atoms with Crippen LogP contribution in [0.5, 0.6) is 0 Å². The SMILES string of the molecule is c1cn(Cc2ccc(-c3cncnc3)cc2)cn1. The first kappa shape index (κ1) is 10.7. The second kappa shape index (κ2) is 4.79. The van der Waals surface area contributed by atoms with Gasteiger partial charge in [-0.2, -0.15) is 0 Å². The zero-order valence-electron chi connectivity index (χ0n) is 9.77. The average molecular weight is 236 g/mol. The molecule has 0 saturated heterocycles. The molecule has 0 fully saturated rings. The van der Waals surface area contributed by atoms with Crippen LogP contribution in [0.3, 0.4) is 0 Å². The first-order valence-electron chi connectivity index (χ1n) is 5.72. The standard InChI is InChI=1S/C14H12N4/c1-3-13(14-7-16-10-17-8-14)4-2-12(1)9-18-6-5-15-11-18/h1-8,10-11H,9H2. The quantitative estimate of drug-likeness (QED) is 0.701. The van der Waals surface area contributed by atoms with E-state index in [0.29, 0.717) is 0 Å². The Morgan fingerprint density at radius 3 is 2.33 bits per heavy atom. The third kappa shape index (κ3) is 2.27. The molecule has 2 heterocycles. The van der Waals surface area contributed by atoms with E-state index in [-0.39, 0.29) is 0 Å². The van der Waals surface area contributed by atoms with E-state index in [0.717, 1.165) is 17.7 Å². The van der Waals surface area contributed by atoms with E-state index in [1.54, 1.807) is 6.20 Å². The number of aromatic nitrogens is 4. The van der Waals surface area contributed by atoms with E-state index in [2.05, 4.69) is 39.2 Å². The van der Waals surface area contributed by atoms with Crippen LogP contribution in [0.15, 0.2) is 61.7 Å². The normalized spacial score (nSPS) is 10.4. The summed E-state index contributed by atoms with van der Waals surface area (Å²) in [6.07, 6.45) is 10.7. The molecular formula is C14H12N4. The summed E-state index contributed by atoms with van der Waals surface area (Å²) in [6, 6.07) is 8.40. The number of benzene rings is 1. The molecule has 4 nitrogen and oxygen atoms in total. The summed E-state index contributed by atoms with van der Waals surface area (Å²) in [7, 11) is 0. The maximum absolute atomic E-state index is 4.03. The van der Waals surface area contributed by atoms with Gasteiger partial charge in [0.2, 0.25) is 0 Å². The van der Waals surface area contributed by atoms with Crippen molar-refractivity contribution in [1.29, 1.82) is 0 Å². The van der Waals surface area contributed by atoms with Crippen molar-refractivity contribution < 1.29 is 0 Å². The fourth-order valence-electron chi connectivity index (χ4n) is 1.84. The topological polar surface area (TPSA) is 43.6 Å².